The molecule has 1 N–H and O–H groups in total. The Bertz CT molecular complexity index is 449. The van der Waals surface area contributed by atoms with Crippen LogP contribution >= 0.6 is 0 Å². The third-order valence-electron chi connectivity index (χ3n) is 3.21. The number of hydrogen-bond donors (Lipinski definition) is 1. The number of benzene rings is 1. The number of rotatable bonds is 7. The summed E-state index contributed by atoms with van der Waals surface area (Å²) in [5, 5.41) is 3.02. The SMILES string of the molecule is CNCC(C)C(=O)N(C)Cc1ccc(OC)cc1OC. The van der Waals surface area contributed by atoms with Crippen LogP contribution in [0.5, 0.6) is 11.5 Å². The Hall–Kier alpha value is -1.75. The third-order valence-corrected chi connectivity index (χ3v) is 3.21. The first-order chi connectivity index (χ1) is 9.53. The number of ether oxygens (including phenoxy) is 2. The second-order valence-corrected chi connectivity index (χ2v) is 4.83. The van der Waals surface area contributed by atoms with Gasteiger partial charge >= 0.3 is 0 Å². The smallest absolute Gasteiger partial charge is 0.226 e. The van der Waals surface area contributed by atoms with Crippen LogP contribution in [-0.2, 0) is 11.3 Å². The first-order valence-electron chi connectivity index (χ1n) is 6.64. The van der Waals surface area contributed by atoms with E-state index in [2.05, 4.69) is 5.32 Å². The molecule has 1 amide bonds. The van der Waals surface area contributed by atoms with Crippen molar-refractivity contribution in [2.75, 3.05) is 34.9 Å². The molecule has 112 valence electrons. The number of methoxy groups -OCH3 is 2. The molecule has 0 spiro atoms. The standard InChI is InChI=1S/C15H24N2O3/c1-11(9-16-2)15(18)17(3)10-12-6-7-13(19-4)8-14(12)20-5/h6-8,11,16H,9-10H2,1-5H3. The first kappa shape index (κ1) is 16.3. The van der Waals surface area contributed by atoms with Gasteiger partial charge in [0, 0.05) is 37.7 Å². The lowest BCUT2D eigenvalue weighted by molar-refractivity contribution is -0.134. The van der Waals surface area contributed by atoms with E-state index in [4.69, 9.17) is 9.47 Å². The summed E-state index contributed by atoms with van der Waals surface area (Å²) in [5.74, 6) is 1.53. The second-order valence-electron chi connectivity index (χ2n) is 4.83. The minimum absolute atomic E-state index is 0.0470. The van der Waals surface area contributed by atoms with Crippen molar-refractivity contribution in [2.45, 2.75) is 13.5 Å². The van der Waals surface area contributed by atoms with E-state index < -0.39 is 0 Å². The third kappa shape index (κ3) is 4.13. The Kier molecular flexibility index (Phi) is 6.31. The van der Waals surface area contributed by atoms with Gasteiger partial charge in [-0.25, -0.2) is 0 Å². The van der Waals surface area contributed by atoms with Gasteiger partial charge in [0.1, 0.15) is 11.5 Å². The molecule has 1 aromatic rings. The summed E-state index contributed by atoms with van der Waals surface area (Å²) in [4.78, 5) is 13.9. The van der Waals surface area contributed by atoms with E-state index in [-0.39, 0.29) is 11.8 Å². The molecule has 1 unspecified atom stereocenters. The Morgan fingerprint density at radius 2 is 2.05 bits per heavy atom. The molecule has 0 bridgehead atoms. The number of nitrogens with one attached hydrogen (secondary N) is 1. The molecular weight excluding hydrogens is 256 g/mol. The average Bonchev–Trinajstić information content (AvgIpc) is 2.46. The summed E-state index contributed by atoms with van der Waals surface area (Å²) in [6.07, 6.45) is 0. The molecule has 0 aromatic heterocycles. The Morgan fingerprint density at radius 1 is 1.35 bits per heavy atom. The summed E-state index contributed by atoms with van der Waals surface area (Å²) in [5.41, 5.74) is 0.959. The van der Waals surface area contributed by atoms with Crippen molar-refractivity contribution in [1.29, 1.82) is 0 Å². The van der Waals surface area contributed by atoms with Gasteiger partial charge in [0.05, 0.1) is 14.2 Å². The maximum atomic E-state index is 12.2. The first-order valence-corrected chi connectivity index (χ1v) is 6.64. The fourth-order valence-electron chi connectivity index (χ4n) is 2.09. The lowest BCUT2D eigenvalue weighted by Crippen LogP contribution is -2.35. The number of carbonyl (C=O) groups is 1. The van der Waals surface area contributed by atoms with Gasteiger partial charge in [-0.2, -0.15) is 0 Å². The van der Waals surface area contributed by atoms with Gasteiger partial charge in [-0.3, -0.25) is 4.79 Å². The van der Waals surface area contributed by atoms with E-state index in [1.165, 1.54) is 0 Å². The lowest BCUT2D eigenvalue weighted by atomic mass is 10.1. The summed E-state index contributed by atoms with van der Waals surface area (Å²) in [7, 11) is 6.88. The van der Waals surface area contributed by atoms with Gasteiger partial charge < -0.3 is 19.7 Å². The van der Waals surface area contributed by atoms with Crippen LogP contribution in [0.4, 0.5) is 0 Å². The predicted octanol–water partition coefficient (Wildman–Crippen LogP) is 1.52. The molecule has 0 heterocycles. The van der Waals surface area contributed by atoms with Gasteiger partial charge in [-0.05, 0) is 19.2 Å². The highest BCUT2D eigenvalue weighted by atomic mass is 16.5. The minimum Gasteiger partial charge on any atom is -0.497 e. The zero-order valence-corrected chi connectivity index (χ0v) is 12.9. The molecule has 1 aromatic carbocycles. The van der Waals surface area contributed by atoms with Crippen molar-refractivity contribution in [3.63, 3.8) is 0 Å². The Labute approximate surface area is 120 Å². The molecule has 5 nitrogen and oxygen atoms in total. The summed E-state index contributed by atoms with van der Waals surface area (Å²) < 4.78 is 10.5. The van der Waals surface area contributed by atoms with Crippen molar-refractivity contribution in [2.24, 2.45) is 5.92 Å². The summed E-state index contributed by atoms with van der Waals surface area (Å²) >= 11 is 0. The molecule has 20 heavy (non-hydrogen) atoms. The van der Waals surface area contributed by atoms with Crippen molar-refractivity contribution in [3.8, 4) is 11.5 Å². The topological polar surface area (TPSA) is 50.8 Å². The summed E-state index contributed by atoms with van der Waals surface area (Å²) in [6.45, 7) is 3.10. The van der Waals surface area contributed by atoms with Crippen molar-refractivity contribution >= 4 is 5.91 Å². The van der Waals surface area contributed by atoms with Crippen LogP contribution in [0, 0.1) is 5.92 Å². The molecule has 0 aliphatic heterocycles. The predicted molar refractivity (Wildman–Crippen MR) is 79.1 cm³/mol. The lowest BCUT2D eigenvalue weighted by Gasteiger charge is -2.22. The Morgan fingerprint density at radius 3 is 2.60 bits per heavy atom. The molecule has 0 aliphatic carbocycles. The van der Waals surface area contributed by atoms with Crippen LogP contribution in [0.25, 0.3) is 0 Å². The molecule has 0 saturated heterocycles. The highest BCUT2D eigenvalue weighted by molar-refractivity contribution is 5.78. The Balaban J connectivity index is 2.79. The molecule has 0 saturated carbocycles. The molecular formula is C15H24N2O3. The number of nitrogens with zero attached hydrogens (tertiary/aromatic N) is 1. The number of carbonyl (C=O) groups excluding carboxylic acids is 1. The normalized spacial score (nSPS) is 11.8. The maximum absolute atomic E-state index is 12.2. The van der Waals surface area contributed by atoms with E-state index >= 15 is 0 Å². The highest BCUT2D eigenvalue weighted by Crippen LogP contribution is 2.25. The van der Waals surface area contributed by atoms with Gasteiger partial charge in [0.2, 0.25) is 5.91 Å². The average molecular weight is 280 g/mol. The van der Waals surface area contributed by atoms with Crippen molar-refractivity contribution in [3.05, 3.63) is 23.8 Å². The van der Waals surface area contributed by atoms with E-state index in [1.54, 1.807) is 26.2 Å². The van der Waals surface area contributed by atoms with Crippen LogP contribution < -0.4 is 14.8 Å². The molecule has 0 fully saturated rings. The molecule has 1 atom stereocenters. The van der Waals surface area contributed by atoms with Gasteiger partial charge in [-0.15, -0.1) is 0 Å². The zero-order valence-electron chi connectivity index (χ0n) is 12.9. The van der Waals surface area contributed by atoms with Gasteiger partial charge in [0.25, 0.3) is 0 Å². The summed E-state index contributed by atoms with van der Waals surface area (Å²) in [6, 6.07) is 5.61. The van der Waals surface area contributed by atoms with Crippen molar-refractivity contribution < 1.29 is 14.3 Å². The molecule has 0 aliphatic rings. The largest absolute Gasteiger partial charge is 0.497 e. The molecule has 0 radical (unpaired) electrons. The fraction of sp³-hybridized carbons (Fsp3) is 0.533. The number of hydrogen-bond acceptors (Lipinski definition) is 4. The van der Waals surface area contributed by atoms with Crippen LogP contribution in [0.15, 0.2) is 18.2 Å². The van der Waals surface area contributed by atoms with E-state index in [0.717, 1.165) is 17.1 Å². The fourth-order valence-corrected chi connectivity index (χ4v) is 2.09. The van der Waals surface area contributed by atoms with Crippen LogP contribution in [0.1, 0.15) is 12.5 Å². The minimum atomic E-state index is -0.0470. The quantitative estimate of drug-likeness (QED) is 0.822. The monoisotopic (exact) mass is 280 g/mol. The number of amides is 1. The van der Waals surface area contributed by atoms with Crippen LogP contribution in [-0.4, -0.2) is 45.7 Å². The van der Waals surface area contributed by atoms with Crippen LogP contribution in [0.2, 0.25) is 0 Å². The van der Waals surface area contributed by atoms with E-state index in [1.807, 2.05) is 32.2 Å². The molecule has 5 heteroatoms. The maximum Gasteiger partial charge on any atom is 0.226 e. The van der Waals surface area contributed by atoms with E-state index in [9.17, 15) is 4.79 Å². The second kappa shape index (κ2) is 7.75. The molecule has 1 rings (SSSR count). The van der Waals surface area contributed by atoms with E-state index in [0.29, 0.717) is 13.1 Å². The van der Waals surface area contributed by atoms with Crippen LogP contribution in [0.3, 0.4) is 0 Å². The van der Waals surface area contributed by atoms with Crippen molar-refractivity contribution in [1.82, 2.24) is 10.2 Å². The zero-order chi connectivity index (χ0) is 15.1. The van der Waals surface area contributed by atoms with Gasteiger partial charge in [-0.1, -0.05) is 6.92 Å². The highest BCUT2D eigenvalue weighted by Gasteiger charge is 2.18. The van der Waals surface area contributed by atoms with Gasteiger partial charge in [0.15, 0.2) is 0 Å².